The van der Waals surface area contributed by atoms with Crippen molar-refractivity contribution < 1.29 is 19.8 Å². The lowest BCUT2D eigenvalue weighted by Gasteiger charge is -2.31. The Labute approximate surface area is 90.5 Å². The Hall–Kier alpha value is -0.940. The Morgan fingerprint density at radius 3 is 2.00 bits per heavy atom. The molecule has 1 heterocycles. The minimum atomic E-state index is -1.84. The maximum absolute atomic E-state index is 10.8. The number of carbonyl (C=O) groups is 2. The van der Waals surface area contributed by atoms with E-state index in [1.54, 1.807) is 0 Å². The average Bonchev–Trinajstić information content (AvgIpc) is 2.21. The smallest absolute Gasteiger partial charge is 0.260 e. The van der Waals surface area contributed by atoms with Gasteiger partial charge in [-0.2, -0.15) is 0 Å². The van der Waals surface area contributed by atoms with Gasteiger partial charge in [-0.05, 0) is 6.92 Å². The molecule has 0 bridgehead atoms. The van der Waals surface area contributed by atoms with E-state index >= 15 is 0 Å². The summed E-state index contributed by atoms with van der Waals surface area (Å²) in [7, 11) is 0. The maximum Gasteiger partial charge on any atom is 0.260 e. The molecular formula is C10H21NO4. The summed E-state index contributed by atoms with van der Waals surface area (Å²) < 4.78 is 0. The van der Waals surface area contributed by atoms with Gasteiger partial charge in [0.05, 0.1) is 6.42 Å². The van der Waals surface area contributed by atoms with Crippen LogP contribution < -0.4 is 5.32 Å². The molecule has 2 atom stereocenters. The number of aliphatic hydroxyl groups is 2. The number of amides is 2. The van der Waals surface area contributed by atoms with Crippen LogP contribution in [0, 0.1) is 0 Å². The van der Waals surface area contributed by atoms with Crippen molar-refractivity contribution in [2.24, 2.45) is 0 Å². The molecule has 90 valence electrons. The van der Waals surface area contributed by atoms with Gasteiger partial charge in [0, 0.05) is 0 Å². The van der Waals surface area contributed by atoms with Crippen molar-refractivity contribution >= 4 is 11.8 Å². The molecule has 0 aromatic heterocycles. The number of nitrogens with one attached hydrogen (secondary N) is 1. The molecule has 0 aromatic rings. The Morgan fingerprint density at radius 1 is 1.27 bits per heavy atom. The molecule has 2 amide bonds. The second kappa shape index (κ2) is 7.36. The van der Waals surface area contributed by atoms with E-state index in [4.69, 9.17) is 5.11 Å². The number of hydrogen-bond acceptors (Lipinski definition) is 4. The molecular weight excluding hydrogens is 198 g/mol. The summed E-state index contributed by atoms with van der Waals surface area (Å²) in [6.07, 6.45) is -1.54. The van der Waals surface area contributed by atoms with Crippen LogP contribution in [-0.4, -0.2) is 33.7 Å². The molecule has 5 heteroatoms. The third-order valence-electron chi connectivity index (χ3n) is 1.74. The molecule has 1 fully saturated rings. The zero-order valence-corrected chi connectivity index (χ0v) is 10.00. The highest BCUT2D eigenvalue weighted by Crippen LogP contribution is 2.17. The first kappa shape index (κ1) is 16.5. The van der Waals surface area contributed by atoms with Crippen molar-refractivity contribution in [3.63, 3.8) is 0 Å². The van der Waals surface area contributed by atoms with Crippen LogP contribution in [0.15, 0.2) is 0 Å². The predicted octanol–water partition coefficient (Wildman–Crippen LogP) is 0.197. The van der Waals surface area contributed by atoms with Crippen molar-refractivity contribution in [3.8, 4) is 0 Å². The van der Waals surface area contributed by atoms with Gasteiger partial charge in [0.15, 0.2) is 5.60 Å². The Morgan fingerprint density at radius 2 is 1.67 bits per heavy atom. The lowest BCUT2D eigenvalue weighted by molar-refractivity contribution is -0.161. The van der Waals surface area contributed by atoms with Gasteiger partial charge < -0.3 is 10.2 Å². The van der Waals surface area contributed by atoms with Gasteiger partial charge >= 0.3 is 0 Å². The second-order valence-electron chi connectivity index (χ2n) is 2.74. The molecule has 3 N–H and O–H groups in total. The first-order valence-electron chi connectivity index (χ1n) is 5.19. The topological polar surface area (TPSA) is 86.6 Å². The molecule has 1 aliphatic heterocycles. The minimum Gasteiger partial charge on any atom is -0.389 e. The second-order valence-corrected chi connectivity index (χ2v) is 2.74. The fourth-order valence-corrected chi connectivity index (χ4v) is 0.830. The van der Waals surface area contributed by atoms with Gasteiger partial charge in [0.2, 0.25) is 5.91 Å². The summed E-state index contributed by atoms with van der Waals surface area (Å²) in [4.78, 5) is 21.4. The fourth-order valence-electron chi connectivity index (χ4n) is 0.830. The van der Waals surface area contributed by atoms with E-state index in [0.29, 0.717) is 0 Å². The number of imide groups is 1. The van der Waals surface area contributed by atoms with Crippen LogP contribution in [0.4, 0.5) is 0 Å². The summed E-state index contributed by atoms with van der Waals surface area (Å²) in [6, 6.07) is 0. The molecule has 0 spiro atoms. The van der Waals surface area contributed by atoms with Crippen LogP contribution in [-0.2, 0) is 9.59 Å². The van der Waals surface area contributed by atoms with Crippen molar-refractivity contribution in [1.29, 1.82) is 0 Å². The van der Waals surface area contributed by atoms with Crippen LogP contribution in [0.25, 0.3) is 0 Å². The van der Waals surface area contributed by atoms with Gasteiger partial charge in [-0.3, -0.25) is 14.9 Å². The number of piperidine rings is 1. The molecule has 0 radical (unpaired) electrons. The van der Waals surface area contributed by atoms with Gasteiger partial charge in [-0.1, -0.05) is 27.7 Å². The molecule has 0 aliphatic carbocycles. The van der Waals surface area contributed by atoms with Crippen molar-refractivity contribution in [2.45, 2.75) is 52.7 Å². The average molecular weight is 219 g/mol. The lowest BCUT2D eigenvalue weighted by atomic mass is 9.92. The molecule has 2 unspecified atom stereocenters. The third-order valence-corrected chi connectivity index (χ3v) is 1.74. The van der Waals surface area contributed by atoms with Gasteiger partial charge in [0.1, 0.15) is 6.10 Å². The highest BCUT2D eigenvalue weighted by molar-refractivity contribution is 6.02. The van der Waals surface area contributed by atoms with E-state index in [1.165, 1.54) is 6.92 Å². The number of hydrogen-bond donors (Lipinski definition) is 3. The van der Waals surface area contributed by atoms with E-state index in [1.807, 2.05) is 33.0 Å². The molecule has 0 aromatic carbocycles. The quantitative estimate of drug-likeness (QED) is 0.508. The van der Waals surface area contributed by atoms with E-state index in [0.717, 1.165) is 0 Å². The van der Waals surface area contributed by atoms with E-state index in [9.17, 15) is 14.7 Å². The molecule has 5 nitrogen and oxygen atoms in total. The first-order chi connectivity index (χ1) is 6.94. The van der Waals surface area contributed by atoms with Crippen molar-refractivity contribution in [1.82, 2.24) is 5.32 Å². The number of carbonyl (C=O) groups excluding carboxylic acids is 2. The zero-order chi connectivity index (χ0) is 12.6. The summed E-state index contributed by atoms with van der Waals surface area (Å²) in [5.74, 6) is -1.41. The molecule has 0 saturated carbocycles. The van der Waals surface area contributed by atoms with Crippen molar-refractivity contribution in [3.05, 3.63) is 0 Å². The minimum absolute atomic E-state index is 0.237. The maximum atomic E-state index is 10.8. The first-order valence-corrected chi connectivity index (χ1v) is 5.19. The van der Waals surface area contributed by atoms with Gasteiger partial charge in [-0.25, -0.2) is 0 Å². The van der Waals surface area contributed by atoms with Crippen LogP contribution in [0.3, 0.4) is 0 Å². The highest BCUT2D eigenvalue weighted by atomic mass is 16.4. The SMILES string of the molecule is CC.CC.CC1(O)C(=O)NC(=O)CC1O. The third kappa shape index (κ3) is 4.40. The summed E-state index contributed by atoms with van der Waals surface area (Å²) in [5, 5.41) is 20.2. The fraction of sp³-hybridized carbons (Fsp3) is 0.800. The van der Waals surface area contributed by atoms with E-state index in [-0.39, 0.29) is 6.42 Å². The van der Waals surface area contributed by atoms with Crippen LogP contribution in [0.1, 0.15) is 41.0 Å². The molecule has 1 rings (SSSR count). The zero-order valence-electron chi connectivity index (χ0n) is 10.00. The Balaban J connectivity index is 0. The summed E-state index contributed by atoms with van der Waals surface area (Å²) >= 11 is 0. The van der Waals surface area contributed by atoms with Crippen LogP contribution >= 0.6 is 0 Å². The summed E-state index contributed by atoms with van der Waals surface area (Å²) in [6.45, 7) is 9.17. The van der Waals surface area contributed by atoms with Gasteiger partial charge in [0.25, 0.3) is 5.91 Å². The van der Waals surface area contributed by atoms with Gasteiger partial charge in [-0.15, -0.1) is 0 Å². The van der Waals surface area contributed by atoms with Crippen LogP contribution in [0.2, 0.25) is 0 Å². The van der Waals surface area contributed by atoms with E-state index < -0.39 is 23.5 Å². The normalized spacial score (nSPS) is 29.1. The monoisotopic (exact) mass is 219 g/mol. The highest BCUT2D eigenvalue weighted by Gasteiger charge is 2.44. The standard InChI is InChI=1S/C6H9NO4.2C2H6/c1-6(11)3(8)2-4(9)7-5(6)10;2*1-2/h3,8,11H,2H2,1H3,(H,7,9,10);2*1-2H3. The Bertz CT molecular complexity index is 213. The van der Waals surface area contributed by atoms with E-state index in [2.05, 4.69) is 0 Å². The molecule has 1 aliphatic rings. The van der Waals surface area contributed by atoms with Crippen molar-refractivity contribution in [2.75, 3.05) is 0 Å². The predicted molar refractivity (Wildman–Crippen MR) is 57.1 cm³/mol. The molecule has 15 heavy (non-hydrogen) atoms. The summed E-state index contributed by atoms with van der Waals surface area (Å²) in [5.41, 5.74) is -1.84. The molecule has 1 saturated heterocycles. The number of rotatable bonds is 0. The Kier molecular flexibility index (Phi) is 8.10. The number of aliphatic hydroxyl groups excluding tert-OH is 1. The van der Waals surface area contributed by atoms with Crippen LogP contribution in [0.5, 0.6) is 0 Å². The lowest BCUT2D eigenvalue weighted by Crippen LogP contribution is -2.59. The largest absolute Gasteiger partial charge is 0.389 e.